The Labute approximate surface area is 166 Å². The average molecular weight is 374 g/mol. The Morgan fingerprint density at radius 1 is 0.929 bits per heavy atom. The van der Waals surface area contributed by atoms with Crippen molar-refractivity contribution in [2.24, 2.45) is 4.99 Å². The maximum absolute atomic E-state index is 5.85. The lowest BCUT2D eigenvalue weighted by molar-refractivity contribution is 0.301. The van der Waals surface area contributed by atoms with Crippen molar-refractivity contribution in [3.05, 3.63) is 95.3 Å². The molecule has 0 bridgehead atoms. The molecular formula is C23H26N4O. The monoisotopic (exact) mass is 374 g/mol. The number of hydrogen-bond acceptors (Lipinski definition) is 3. The molecule has 0 saturated carbocycles. The molecule has 0 radical (unpaired) electrons. The van der Waals surface area contributed by atoms with Gasteiger partial charge in [0.15, 0.2) is 5.96 Å². The highest BCUT2D eigenvalue weighted by Crippen LogP contribution is 2.14. The van der Waals surface area contributed by atoms with Gasteiger partial charge in [-0.1, -0.05) is 48.0 Å². The van der Waals surface area contributed by atoms with Crippen LogP contribution in [-0.2, 0) is 19.7 Å². The maximum Gasteiger partial charge on any atom is 0.191 e. The third-order valence-corrected chi connectivity index (χ3v) is 4.24. The van der Waals surface area contributed by atoms with Crippen LogP contribution < -0.4 is 15.4 Å². The van der Waals surface area contributed by atoms with Crippen molar-refractivity contribution in [3.8, 4) is 5.75 Å². The Morgan fingerprint density at radius 3 is 2.36 bits per heavy atom. The summed E-state index contributed by atoms with van der Waals surface area (Å²) in [6.07, 6.45) is 1.77. The van der Waals surface area contributed by atoms with Crippen molar-refractivity contribution in [2.45, 2.75) is 26.6 Å². The molecule has 0 fully saturated rings. The molecule has 0 aliphatic rings. The summed E-state index contributed by atoms with van der Waals surface area (Å²) in [7, 11) is 1.78. The van der Waals surface area contributed by atoms with Gasteiger partial charge in [-0.3, -0.25) is 9.98 Å². The van der Waals surface area contributed by atoms with Gasteiger partial charge in [0.25, 0.3) is 0 Å². The first-order valence-corrected chi connectivity index (χ1v) is 9.34. The van der Waals surface area contributed by atoms with Crippen LogP contribution in [0.1, 0.15) is 22.4 Å². The molecule has 0 spiro atoms. The van der Waals surface area contributed by atoms with Gasteiger partial charge in [-0.15, -0.1) is 0 Å². The first-order valence-electron chi connectivity index (χ1n) is 9.34. The molecule has 28 heavy (non-hydrogen) atoms. The van der Waals surface area contributed by atoms with Gasteiger partial charge in [0.05, 0.1) is 5.69 Å². The Morgan fingerprint density at radius 2 is 1.68 bits per heavy atom. The van der Waals surface area contributed by atoms with Crippen LogP contribution in [0.15, 0.2) is 77.9 Å². The number of guanidine groups is 1. The van der Waals surface area contributed by atoms with E-state index in [1.807, 2.05) is 36.4 Å². The number of aromatic nitrogens is 1. The molecule has 0 amide bonds. The highest BCUT2D eigenvalue weighted by molar-refractivity contribution is 5.79. The molecule has 2 aromatic carbocycles. The summed E-state index contributed by atoms with van der Waals surface area (Å²) in [6, 6.07) is 22.3. The molecule has 1 heterocycles. The normalized spacial score (nSPS) is 11.1. The van der Waals surface area contributed by atoms with Gasteiger partial charge in [-0.25, -0.2) is 0 Å². The molecule has 3 aromatic rings. The van der Waals surface area contributed by atoms with Crippen molar-refractivity contribution < 1.29 is 4.74 Å². The summed E-state index contributed by atoms with van der Waals surface area (Å²) >= 11 is 0. The number of aryl methyl sites for hydroxylation is 1. The number of hydrogen-bond donors (Lipinski definition) is 2. The fraction of sp³-hybridized carbons (Fsp3) is 0.217. The van der Waals surface area contributed by atoms with Crippen LogP contribution in [0.4, 0.5) is 0 Å². The second-order valence-corrected chi connectivity index (χ2v) is 6.53. The molecule has 5 heteroatoms. The van der Waals surface area contributed by atoms with Crippen LogP contribution in [0.5, 0.6) is 5.75 Å². The van der Waals surface area contributed by atoms with Gasteiger partial charge < -0.3 is 15.4 Å². The zero-order valence-electron chi connectivity index (χ0n) is 16.4. The van der Waals surface area contributed by atoms with Crippen LogP contribution in [0.2, 0.25) is 0 Å². The summed E-state index contributed by atoms with van der Waals surface area (Å²) in [5.41, 5.74) is 4.52. The van der Waals surface area contributed by atoms with Gasteiger partial charge in [-0.2, -0.15) is 0 Å². The largest absolute Gasteiger partial charge is 0.487 e. The Kier molecular flexibility index (Phi) is 7.01. The minimum atomic E-state index is 0.456. The summed E-state index contributed by atoms with van der Waals surface area (Å²) < 4.78 is 5.85. The van der Waals surface area contributed by atoms with Crippen molar-refractivity contribution in [2.75, 3.05) is 7.05 Å². The highest BCUT2D eigenvalue weighted by atomic mass is 16.5. The fourth-order valence-corrected chi connectivity index (χ4v) is 2.80. The van der Waals surface area contributed by atoms with Gasteiger partial charge in [0, 0.05) is 26.3 Å². The molecule has 144 valence electrons. The first-order chi connectivity index (χ1) is 13.7. The van der Waals surface area contributed by atoms with E-state index in [0.29, 0.717) is 13.2 Å². The SMILES string of the molecule is CN=C(NCc1cccc(C)c1)NCc1cccc(OCc2ccccn2)c1. The summed E-state index contributed by atoms with van der Waals surface area (Å²) in [6.45, 7) is 3.94. The molecule has 0 aliphatic heterocycles. The van der Waals surface area contributed by atoms with Crippen LogP contribution in [0.25, 0.3) is 0 Å². The third kappa shape index (κ3) is 6.13. The van der Waals surface area contributed by atoms with Crippen LogP contribution in [0.3, 0.4) is 0 Å². The number of nitrogens with zero attached hydrogens (tertiary/aromatic N) is 2. The second kappa shape index (κ2) is 10.1. The van der Waals surface area contributed by atoms with Gasteiger partial charge >= 0.3 is 0 Å². The maximum atomic E-state index is 5.85. The average Bonchev–Trinajstić information content (AvgIpc) is 2.73. The van der Waals surface area contributed by atoms with Gasteiger partial charge in [0.2, 0.25) is 0 Å². The van der Waals surface area contributed by atoms with Crippen molar-refractivity contribution in [1.82, 2.24) is 15.6 Å². The number of aliphatic imine (C=N–C) groups is 1. The zero-order chi connectivity index (χ0) is 19.6. The van der Waals surface area contributed by atoms with Crippen molar-refractivity contribution in [3.63, 3.8) is 0 Å². The van der Waals surface area contributed by atoms with Gasteiger partial charge in [0.1, 0.15) is 12.4 Å². The number of pyridine rings is 1. The van der Waals surface area contributed by atoms with Crippen molar-refractivity contribution in [1.29, 1.82) is 0 Å². The molecular weight excluding hydrogens is 348 g/mol. The second-order valence-electron chi connectivity index (χ2n) is 6.53. The predicted octanol–water partition coefficient (Wildman–Crippen LogP) is 3.83. The fourth-order valence-electron chi connectivity index (χ4n) is 2.80. The number of nitrogens with one attached hydrogen (secondary N) is 2. The van der Waals surface area contributed by atoms with Crippen molar-refractivity contribution >= 4 is 5.96 Å². The van der Waals surface area contributed by atoms with E-state index in [-0.39, 0.29) is 0 Å². The quantitative estimate of drug-likeness (QED) is 0.487. The molecule has 1 aromatic heterocycles. The van der Waals surface area contributed by atoms with E-state index in [1.165, 1.54) is 11.1 Å². The van der Waals surface area contributed by atoms with E-state index in [0.717, 1.165) is 29.5 Å². The summed E-state index contributed by atoms with van der Waals surface area (Å²) in [5, 5.41) is 6.69. The standard InChI is InChI=1S/C23H26N4O/c1-18-7-5-8-19(13-18)15-26-23(24-2)27-16-20-9-6-11-22(14-20)28-17-21-10-3-4-12-25-21/h3-14H,15-17H2,1-2H3,(H2,24,26,27). The number of rotatable bonds is 7. The zero-order valence-corrected chi connectivity index (χ0v) is 16.4. The molecule has 0 atom stereocenters. The summed E-state index contributed by atoms with van der Waals surface area (Å²) in [4.78, 5) is 8.57. The molecule has 3 rings (SSSR count). The van der Waals surface area contributed by atoms with Crippen LogP contribution in [-0.4, -0.2) is 18.0 Å². The molecule has 5 nitrogen and oxygen atoms in total. The van der Waals surface area contributed by atoms with Gasteiger partial charge in [-0.05, 0) is 42.3 Å². The Bertz CT molecular complexity index is 909. The lowest BCUT2D eigenvalue weighted by Crippen LogP contribution is -2.36. The lowest BCUT2D eigenvalue weighted by Gasteiger charge is -2.13. The lowest BCUT2D eigenvalue weighted by atomic mass is 10.1. The molecule has 2 N–H and O–H groups in total. The van der Waals surface area contributed by atoms with E-state index in [1.54, 1.807) is 13.2 Å². The Balaban J connectivity index is 1.50. The number of benzene rings is 2. The highest BCUT2D eigenvalue weighted by Gasteiger charge is 2.02. The van der Waals surface area contributed by atoms with Crippen LogP contribution in [0, 0.1) is 6.92 Å². The topological polar surface area (TPSA) is 58.5 Å². The van der Waals surface area contributed by atoms with Crippen LogP contribution >= 0.6 is 0 Å². The predicted molar refractivity (Wildman–Crippen MR) is 113 cm³/mol. The molecule has 0 unspecified atom stereocenters. The van der Waals surface area contributed by atoms with E-state index in [9.17, 15) is 0 Å². The minimum absolute atomic E-state index is 0.456. The smallest absolute Gasteiger partial charge is 0.191 e. The molecule has 0 aliphatic carbocycles. The Hall–Kier alpha value is -3.34. The first kappa shape index (κ1) is 19.4. The van der Waals surface area contributed by atoms with E-state index < -0.39 is 0 Å². The van der Waals surface area contributed by atoms with E-state index in [4.69, 9.17) is 4.74 Å². The third-order valence-electron chi connectivity index (χ3n) is 4.24. The summed E-state index contributed by atoms with van der Waals surface area (Å²) in [5.74, 6) is 1.59. The molecule has 0 saturated heterocycles. The number of ether oxygens (including phenoxy) is 1. The van der Waals surface area contributed by atoms with E-state index in [2.05, 4.69) is 57.9 Å². The van der Waals surface area contributed by atoms with E-state index >= 15 is 0 Å². The minimum Gasteiger partial charge on any atom is -0.487 e.